The molecule has 0 saturated heterocycles. The van der Waals surface area contributed by atoms with Crippen molar-refractivity contribution in [2.24, 2.45) is 40.9 Å². The van der Waals surface area contributed by atoms with Crippen LogP contribution in [0.1, 0.15) is 36.8 Å². The van der Waals surface area contributed by atoms with Gasteiger partial charge in [-0.05, 0) is 123 Å². The number of ether oxygens (including phenoxy) is 6. The van der Waals surface area contributed by atoms with Gasteiger partial charge in [0.15, 0.2) is 0 Å². The SMILES string of the molecule is COc1cc(N=Nc2cc(C)c(N=Nc3ccc(Cl)cc3OCCCSO)cc2OCCCS(=O)(=O)O)ccc1NC(=O)Nc1ccc(N=Nc2cc(C)c(N=Nc3ccc(Cl)cc3OCCCS(=O)(=O)O)cc2OCCCS(=O)(=O)O)cc1OC. The van der Waals surface area contributed by atoms with Crippen LogP contribution in [0.5, 0.6) is 34.5 Å². The first kappa shape index (κ1) is 67.5. The Hall–Kier alpha value is -7.59. The fraction of sp³-hybridized carbons (Fsp3) is 0.302. The largest absolute Gasteiger partial charge is 0.494 e. The zero-order valence-corrected chi connectivity index (χ0v) is 51.1. The third-order valence-corrected chi connectivity index (χ3v) is 14.7. The van der Waals surface area contributed by atoms with Crippen molar-refractivity contribution in [1.82, 2.24) is 0 Å². The molecular formula is C53H58Cl2N10O17S4. The molecule has 27 nitrogen and oxygen atoms in total. The lowest BCUT2D eigenvalue weighted by molar-refractivity contribution is 0.262. The van der Waals surface area contributed by atoms with Crippen LogP contribution in [0.15, 0.2) is 138 Å². The second kappa shape index (κ2) is 32.2. The Morgan fingerprint density at radius 3 is 1.16 bits per heavy atom. The molecule has 0 aliphatic heterocycles. The number of aryl methyl sites for hydroxylation is 2. The van der Waals surface area contributed by atoms with Gasteiger partial charge in [-0.25, -0.2) is 4.79 Å². The molecule has 6 rings (SSSR count). The number of hydrogen-bond donors (Lipinski definition) is 6. The smallest absolute Gasteiger partial charge is 0.323 e. The minimum atomic E-state index is -4.28. The van der Waals surface area contributed by atoms with Gasteiger partial charge in [0.2, 0.25) is 0 Å². The van der Waals surface area contributed by atoms with Crippen LogP contribution in [0.4, 0.5) is 61.7 Å². The van der Waals surface area contributed by atoms with Crippen LogP contribution in [0.25, 0.3) is 0 Å². The van der Waals surface area contributed by atoms with Crippen LogP contribution >= 0.6 is 35.2 Å². The molecule has 2 amide bonds. The summed E-state index contributed by atoms with van der Waals surface area (Å²) < 4.78 is 139. The molecular weight excluding hydrogens is 1250 g/mol. The molecule has 460 valence electrons. The van der Waals surface area contributed by atoms with E-state index in [9.17, 15) is 39.2 Å². The van der Waals surface area contributed by atoms with Gasteiger partial charge in [0, 0.05) is 52.2 Å². The number of methoxy groups -OCH3 is 2. The van der Waals surface area contributed by atoms with Crippen molar-refractivity contribution in [3.8, 4) is 34.5 Å². The Labute approximate surface area is 509 Å². The Balaban J connectivity index is 1.17. The molecule has 0 aliphatic rings. The molecule has 0 unspecified atom stereocenters. The van der Waals surface area contributed by atoms with E-state index in [1.165, 1.54) is 56.7 Å². The first-order valence-corrected chi connectivity index (χ1v) is 32.0. The molecule has 33 heteroatoms. The molecule has 6 N–H and O–H groups in total. The summed E-state index contributed by atoms with van der Waals surface area (Å²) >= 11 is 13.1. The van der Waals surface area contributed by atoms with Gasteiger partial charge in [-0.1, -0.05) is 23.2 Å². The molecule has 0 radical (unpaired) electrons. The van der Waals surface area contributed by atoms with E-state index in [0.717, 1.165) is 0 Å². The number of carbonyl (C=O) groups is 1. The molecule has 0 saturated carbocycles. The molecule has 0 spiro atoms. The van der Waals surface area contributed by atoms with Crippen LogP contribution in [-0.2, 0) is 30.4 Å². The first-order chi connectivity index (χ1) is 40.9. The maximum Gasteiger partial charge on any atom is 0.323 e. The van der Waals surface area contributed by atoms with Crippen LogP contribution < -0.4 is 39.1 Å². The number of halogens is 2. The van der Waals surface area contributed by atoms with Gasteiger partial charge < -0.3 is 43.6 Å². The van der Waals surface area contributed by atoms with Crippen molar-refractivity contribution < 1.29 is 76.7 Å². The molecule has 0 aliphatic carbocycles. The number of urea groups is 1. The maximum absolute atomic E-state index is 13.5. The molecule has 0 fully saturated rings. The fourth-order valence-corrected chi connectivity index (χ4v) is 9.30. The summed E-state index contributed by atoms with van der Waals surface area (Å²) in [6, 6.07) is 24.2. The number of anilines is 2. The molecule has 0 aromatic heterocycles. The van der Waals surface area contributed by atoms with E-state index in [4.69, 9.17) is 60.7 Å². The van der Waals surface area contributed by atoms with E-state index < -0.39 is 53.6 Å². The van der Waals surface area contributed by atoms with Gasteiger partial charge in [-0.2, -0.15) is 45.7 Å². The molecule has 6 aromatic rings. The lowest BCUT2D eigenvalue weighted by Gasteiger charge is -2.14. The minimum absolute atomic E-state index is 0.0143. The highest BCUT2D eigenvalue weighted by atomic mass is 35.5. The van der Waals surface area contributed by atoms with Gasteiger partial charge in [0.25, 0.3) is 30.4 Å². The Morgan fingerprint density at radius 1 is 0.453 bits per heavy atom. The highest BCUT2D eigenvalue weighted by Gasteiger charge is 2.17. The quantitative estimate of drug-likeness (QED) is 0.00988. The van der Waals surface area contributed by atoms with Crippen LogP contribution in [0, 0.1) is 13.8 Å². The van der Waals surface area contributed by atoms with E-state index in [0.29, 0.717) is 80.5 Å². The van der Waals surface area contributed by atoms with Crippen molar-refractivity contribution in [2.45, 2.75) is 39.5 Å². The highest BCUT2D eigenvalue weighted by molar-refractivity contribution is 7.93. The number of amides is 2. The summed E-state index contributed by atoms with van der Waals surface area (Å²) in [5, 5.41) is 41.1. The number of rotatable bonds is 32. The number of nitrogens with zero attached hydrogens (tertiary/aromatic N) is 8. The van der Waals surface area contributed by atoms with Crippen molar-refractivity contribution in [3.63, 3.8) is 0 Å². The lowest BCUT2D eigenvalue weighted by Crippen LogP contribution is -2.20. The van der Waals surface area contributed by atoms with Crippen LogP contribution in [0.3, 0.4) is 0 Å². The number of benzene rings is 6. The second-order valence-corrected chi connectivity index (χ2v) is 24.3. The summed E-state index contributed by atoms with van der Waals surface area (Å²) in [5.41, 5.74) is 3.91. The van der Waals surface area contributed by atoms with Gasteiger partial charge in [-0.15, -0.1) is 20.5 Å². The summed E-state index contributed by atoms with van der Waals surface area (Å²) in [4.78, 5) is 13.5. The minimum Gasteiger partial charge on any atom is -0.494 e. The Kier molecular flexibility index (Phi) is 25.3. The second-order valence-electron chi connectivity index (χ2n) is 18.1. The van der Waals surface area contributed by atoms with Crippen molar-refractivity contribution >= 4 is 129 Å². The average Bonchev–Trinajstić information content (AvgIpc) is 1.82. The van der Waals surface area contributed by atoms with Crippen LogP contribution in [-0.4, -0.2) is 113 Å². The van der Waals surface area contributed by atoms with Crippen LogP contribution in [0.2, 0.25) is 10.0 Å². The summed E-state index contributed by atoms with van der Waals surface area (Å²) in [5.74, 6) is 0.0729. The first-order valence-electron chi connectivity index (χ1n) is 25.5. The maximum atomic E-state index is 13.5. The van der Waals surface area contributed by atoms with E-state index in [1.54, 1.807) is 68.4 Å². The third-order valence-electron chi connectivity index (χ3n) is 11.4. The van der Waals surface area contributed by atoms with Crippen molar-refractivity contribution in [1.29, 1.82) is 0 Å². The summed E-state index contributed by atoms with van der Waals surface area (Å²) in [6.07, 6.45) is 0.424. The fourth-order valence-electron chi connectivity index (χ4n) is 7.28. The van der Waals surface area contributed by atoms with Crippen molar-refractivity contribution in [2.75, 3.05) is 74.3 Å². The van der Waals surface area contributed by atoms with Gasteiger partial charge >= 0.3 is 6.03 Å². The summed E-state index contributed by atoms with van der Waals surface area (Å²) in [7, 11) is -9.97. The van der Waals surface area contributed by atoms with E-state index in [2.05, 4.69) is 51.5 Å². The van der Waals surface area contributed by atoms with Gasteiger partial charge in [0.05, 0.1) is 92.0 Å². The monoisotopic (exact) mass is 1300 g/mol. The lowest BCUT2D eigenvalue weighted by atomic mass is 10.1. The molecule has 86 heavy (non-hydrogen) atoms. The van der Waals surface area contributed by atoms with Gasteiger partial charge in [0.1, 0.15) is 57.2 Å². The number of azo groups is 4. The highest BCUT2D eigenvalue weighted by Crippen LogP contribution is 2.42. The summed E-state index contributed by atoms with van der Waals surface area (Å²) in [6.45, 7) is 3.39. The van der Waals surface area contributed by atoms with E-state index >= 15 is 0 Å². The van der Waals surface area contributed by atoms with E-state index in [1.807, 2.05) is 0 Å². The number of carbonyl (C=O) groups excluding carboxylic acids is 1. The third kappa shape index (κ3) is 22.7. The predicted molar refractivity (Wildman–Crippen MR) is 325 cm³/mol. The van der Waals surface area contributed by atoms with Gasteiger partial charge in [-0.3, -0.25) is 13.7 Å². The van der Waals surface area contributed by atoms with E-state index in [-0.39, 0.29) is 102 Å². The molecule has 0 atom stereocenters. The Bertz CT molecular complexity index is 3840. The number of nitrogens with one attached hydrogen (secondary N) is 2. The topological polar surface area (TPSA) is 379 Å². The molecule has 6 aromatic carbocycles. The average molecular weight is 1310 g/mol. The molecule has 0 bridgehead atoms. The normalized spacial score (nSPS) is 12.1. The zero-order chi connectivity index (χ0) is 62.4. The Morgan fingerprint density at radius 2 is 0.802 bits per heavy atom. The standard InChI is InChI=1S/C53H58Cl2N10O17S4/c1-33-25-45(51(81-19-7-23-85(71,72)73)31-43(33)62-60-41-13-9-35(54)27-49(41)79-17-5-21-83-67)64-58-37-11-15-39(47(29-37)77-3)56-53(66)57-40-16-12-38(30-48(40)78-4)59-65-46-26-34(2)44(32-52(46)82-20-8-24-86(74,75)76)63-61-42-14-10-36(55)28-50(42)80-18-6-22-84(68,69)70/h9-16,25-32,67H,5-8,17-24H2,1-4H3,(H2,56,57,66)(H,68,69,70)(H,71,72,73)(H,74,75,76). The molecule has 0 heterocycles. The zero-order valence-electron chi connectivity index (χ0n) is 46.3. The predicted octanol–water partition coefficient (Wildman–Crippen LogP) is 14.9. The number of hydrogen-bond acceptors (Lipinski definition) is 23. The van der Waals surface area contributed by atoms with Crippen molar-refractivity contribution in [3.05, 3.63) is 118 Å².